The van der Waals surface area contributed by atoms with E-state index in [1.54, 1.807) is 0 Å². The van der Waals surface area contributed by atoms with Crippen LogP contribution in [0.4, 0.5) is 0 Å². The van der Waals surface area contributed by atoms with Crippen LogP contribution in [0.3, 0.4) is 0 Å². The van der Waals surface area contributed by atoms with Crippen molar-refractivity contribution in [2.75, 3.05) is 0 Å². The highest BCUT2D eigenvalue weighted by atomic mass is 16.5. The summed E-state index contributed by atoms with van der Waals surface area (Å²) in [6.45, 7) is 0. The van der Waals surface area contributed by atoms with E-state index in [1.165, 1.54) is 6.33 Å². The van der Waals surface area contributed by atoms with E-state index in [0.29, 0.717) is 10.6 Å². The smallest absolute Gasteiger partial charge is 0.264 e. The summed E-state index contributed by atoms with van der Waals surface area (Å²) in [7, 11) is 0. The van der Waals surface area contributed by atoms with Crippen molar-refractivity contribution in [1.82, 2.24) is 9.97 Å². The quantitative estimate of drug-likeness (QED) is 0.290. The van der Waals surface area contributed by atoms with Gasteiger partial charge in [-0.05, 0) is 0 Å². The van der Waals surface area contributed by atoms with Crippen molar-refractivity contribution in [3.05, 3.63) is 23.7 Å². The van der Waals surface area contributed by atoms with E-state index in [9.17, 15) is 5.21 Å². The first-order valence-electron chi connectivity index (χ1n) is 2.66. The zero-order valence-corrected chi connectivity index (χ0v) is 5.19. The third kappa shape index (κ3) is 1.20. The lowest BCUT2D eigenvalue weighted by Gasteiger charge is -2.01. The van der Waals surface area contributed by atoms with E-state index in [4.69, 9.17) is 6.42 Å². The molecule has 1 aromatic heterocycles. The van der Waals surface area contributed by atoms with Crippen molar-refractivity contribution < 1.29 is 4.73 Å². The fraction of sp³-hybridized carbons (Fsp3) is 0.167. The van der Waals surface area contributed by atoms with Crippen LogP contribution in [0.2, 0.25) is 0 Å². The lowest BCUT2D eigenvalue weighted by atomic mass is 10.4. The molecule has 1 aromatic rings. The Hall–Kier alpha value is -1.63. The summed E-state index contributed by atoms with van der Waals surface area (Å²) in [5, 5.41) is 10.7. The summed E-state index contributed by atoms with van der Waals surface area (Å²) in [5.74, 6) is 2.62. The van der Waals surface area contributed by atoms with Crippen LogP contribution >= 0.6 is 0 Å². The summed E-state index contributed by atoms with van der Waals surface area (Å²) < 4.78 is 0.555. The van der Waals surface area contributed by atoms with Crippen LogP contribution in [0.15, 0.2) is 12.7 Å². The molecule has 0 spiro atoms. The fourth-order valence-electron chi connectivity index (χ4n) is 0.529. The molecule has 0 aliphatic rings. The molecule has 0 bridgehead atoms. The van der Waals surface area contributed by atoms with Gasteiger partial charge in [0, 0.05) is 0 Å². The molecular weight excluding hydrogens is 130 g/mol. The number of nitrogens with zero attached hydrogens (tertiary/aromatic N) is 3. The summed E-state index contributed by atoms with van der Waals surface area (Å²) in [6.07, 6.45) is 7.63. The molecule has 0 N–H and O–H groups in total. The SMILES string of the molecule is C#CCc1ncnc[n+]1[O-]. The topological polar surface area (TPSA) is 52.7 Å². The summed E-state index contributed by atoms with van der Waals surface area (Å²) in [4.78, 5) is 7.16. The van der Waals surface area contributed by atoms with Crippen LogP contribution in [0.5, 0.6) is 0 Å². The summed E-state index contributed by atoms with van der Waals surface area (Å²) in [5.41, 5.74) is 0. The van der Waals surface area contributed by atoms with Gasteiger partial charge in [-0.1, -0.05) is 15.9 Å². The van der Waals surface area contributed by atoms with E-state index >= 15 is 0 Å². The van der Waals surface area contributed by atoms with Gasteiger partial charge in [0.2, 0.25) is 6.33 Å². The molecule has 0 saturated carbocycles. The normalized spacial score (nSPS) is 8.70. The number of aromatic nitrogens is 3. The molecule has 0 atom stereocenters. The fourth-order valence-corrected chi connectivity index (χ4v) is 0.529. The average Bonchev–Trinajstić information content (AvgIpc) is 1.94. The van der Waals surface area contributed by atoms with Gasteiger partial charge < -0.3 is 5.21 Å². The standard InChI is InChI=1S/C6H5N3O/c1-2-3-6-8-4-7-5-9(6)10/h1,4-5H,3H2. The van der Waals surface area contributed by atoms with E-state index in [2.05, 4.69) is 15.9 Å². The first-order valence-corrected chi connectivity index (χ1v) is 2.66. The van der Waals surface area contributed by atoms with Crippen molar-refractivity contribution in [1.29, 1.82) is 0 Å². The van der Waals surface area contributed by atoms with Crippen LogP contribution in [0, 0.1) is 17.6 Å². The first kappa shape index (κ1) is 6.49. The van der Waals surface area contributed by atoms with Gasteiger partial charge in [0.1, 0.15) is 0 Å². The predicted octanol–water partition coefficient (Wildman–Crippen LogP) is -0.714. The van der Waals surface area contributed by atoms with Crippen molar-refractivity contribution in [3.63, 3.8) is 0 Å². The number of terminal acetylenes is 1. The monoisotopic (exact) mass is 135 g/mol. The molecule has 4 nitrogen and oxygen atoms in total. The third-order valence-electron chi connectivity index (χ3n) is 0.960. The minimum Gasteiger partial charge on any atom is -0.740 e. The highest BCUT2D eigenvalue weighted by Gasteiger charge is 1.99. The van der Waals surface area contributed by atoms with E-state index in [0.717, 1.165) is 6.33 Å². The Balaban J connectivity index is 2.94. The Morgan fingerprint density at radius 2 is 2.60 bits per heavy atom. The zero-order valence-electron chi connectivity index (χ0n) is 5.19. The predicted molar refractivity (Wildman–Crippen MR) is 33.5 cm³/mol. The third-order valence-corrected chi connectivity index (χ3v) is 0.960. The molecule has 4 heteroatoms. The Kier molecular flexibility index (Phi) is 1.80. The maximum Gasteiger partial charge on any atom is 0.264 e. The summed E-state index contributed by atoms with van der Waals surface area (Å²) in [6, 6.07) is 0. The van der Waals surface area contributed by atoms with Gasteiger partial charge in [-0.2, -0.15) is 0 Å². The van der Waals surface area contributed by atoms with Gasteiger partial charge in [0.05, 0.1) is 6.42 Å². The van der Waals surface area contributed by atoms with Crippen molar-refractivity contribution in [2.45, 2.75) is 6.42 Å². The van der Waals surface area contributed by atoms with Gasteiger partial charge in [-0.3, -0.25) is 4.73 Å². The maximum atomic E-state index is 10.7. The van der Waals surface area contributed by atoms with Crippen LogP contribution in [0.1, 0.15) is 5.82 Å². The Labute approximate surface area is 58.1 Å². The highest BCUT2D eigenvalue weighted by Crippen LogP contribution is 1.80. The largest absolute Gasteiger partial charge is 0.740 e. The van der Waals surface area contributed by atoms with Gasteiger partial charge in [0.15, 0.2) is 0 Å². The first-order chi connectivity index (χ1) is 4.84. The molecule has 0 aliphatic carbocycles. The molecule has 10 heavy (non-hydrogen) atoms. The molecule has 1 heterocycles. The van der Waals surface area contributed by atoms with Crippen LogP contribution < -0.4 is 4.73 Å². The Bertz CT molecular complexity index is 266. The van der Waals surface area contributed by atoms with Gasteiger partial charge in [0.25, 0.3) is 12.2 Å². The Morgan fingerprint density at radius 3 is 3.20 bits per heavy atom. The average molecular weight is 135 g/mol. The van der Waals surface area contributed by atoms with E-state index in [-0.39, 0.29) is 6.42 Å². The van der Waals surface area contributed by atoms with Gasteiger partial charge in [-0.25, -0.2) is 0 Å². The second-order valence-electron chi connectivity index (χ2n) is 1.63. The molecule has 0 amide bonds. The molecule has 0 aliphatic heterocycles. The second-order valence-corrected chi connectivity index (χ2v) is 1.63. The van der Waals surface area contributed by atoms with Gasteiger partial charge in [-0.15, -0.1) is 6.42 Å². The minimum atomic E-state index is 0.242. The van der Waals surface area contributed by atoms with Crippen LogP contribution in [0.25, 0.3) is 0 Å². The molecule has 0 unspecified atom stereocenters. The van der Waals surface area contributed by atoms with Crippen molar-refractivity contribution in [2.24, 2.45) is 0 Å². The number of hydrogen-bond acceptors (Lipinski definition) is 3. The zero-order chi connectivity index (χ0) is 7.40. The molecule has 0 fully saturated rings. The molecule has 1 rings (SSSR count). The molecule has 0 aromatic carbocycles. The maximum absolute atomic E-state index is 10.7. The minimum absolute atomic E-state index is 0.242. The lowest BCUT2D eigenvalue weighted by molar-refractivity contribution is -0.620. The highest BCUT2D eigenvalue weighted by molar-refractivity contribution is 4.94. The molecule has 0 radical (unpaired) electrons. The lowest BCUT2D eigenvalue weighted by Crippen LogP contribution is -2.33. The number of hydrogen-bond donors (Lipinski definition) is 0. The van der Waals surface area contributed by atoms with Crippen molar-refractivity contribution >= 4 is 0 Å². The molecular formula is C6H5N3O. The van der Waals surface area contributed by atoms with Crippen LogP contribution in [-0.2, 0) is 6.42 Å². The number of rotatable bonds is 1. The van der Waals surface area contributed by atoms with E-state index < -0.39 is 0 Å². The Morgan fingerprint density at radius 1 is 1.80 bits per heavy atom. The second kappa shape index (κ2) is 2.78. The molecule has 50 valence electrons. The van der Waals surface area contributed by atoms with E-state index in [1.807, 2.05) is 0 Å². The van der Waals surface area contributed by atoms with Gasteiger partial charge >= 0.3 is 0 Å². The van der Waals surface area contributed by atoms with Crippen LogP contribution in [-0.4, -0.2) is 9.97 Å². The van der Waals surface area contributed by atoms with Crippen molar-refractivity contribution in [3.8, 4) is 12.3 Å². The molecule has 0 saturated heterocycles. The summed E-state index contributed by atoms with van der Waals surface area (Å²) >= 11 is 0.